The lowest BCUT2D eigenvalue weighted by atomic mass is 10.1. The zero-order valence-corrected chi connectivity index (χ0v) is 9.62. The molecule has 0 bridgehead atoms. The van der Waals surface area contributed by atoms with Crippen LogP contribution in [0.4, 0.5) is 0 Å². The lowest BCUT2D eigenvalue weighted by Gasteiger charge is -2.13. The molecule has 0 heterocycles. The molecule has 2 rings (SSSR count). The first-order chi connectivity index (χ1) is 7.27. The molecule has 0 radical (unpaired) electrons. The van der Waals surface area contributed by atoms with E-state index in [9.17, 15) is 0 Å². The van der Waals surface area contributed by atoms with Crippen molar-refractivity contribution in [3.63, 3.8) is 0 Å². The Morgan fingerprint density at radius 3 is 2.93 bits per heavy atom. The Labute approximate surface area is 91.9 Å². The van der Waals surface area contributed by atoms with Gasteiger partial charge in [-0.1, -0.05) is 12.1 Å². The van der Waals surface area contributed by atoms with Crippen LogP contribution in [-0.4, -0.2) is 32.1 Å². The van der Waals surface area contributed by atoms with Crippen molar-refractivity contribution in [1.29, 1.82) is 0 Å². The number of fused-ring (bicyclic) bond motifs is 1. The average molecular weight is 205 g/mol. The van der Waals surface area contributed by atoms with Crippen molar-refractivity contribution < 1.29 is 4.74 Å². The highest BCUT2D eigenvalue weighted by atomic mass is 16.5. The van der Waals surface area contributed by atoms with Gasteiger partial charge in [0, 0.05) is 6.54 Å². The molecule has 0 unspecified atom stereocenters. The minimum Gasteiger partial charge on any atom is -0.492 e. The van der Waals surface area contributed by atoms with Gasteiger partial charge in [0.05, 0.1) is 0 Å². The molecule has 0 aromatic heterocycles. The first-order valence-corrected chi connectivity index (χ1v) is 5.65. The molecule has 0 N–H and O–H groups in total. The minimum atomic E-state index is 0.781. The maximum absolute atomic E-state index is 5.82. The van der Waals surface area contributed by atoms with E-state index >= 15 is 0 Å². The van der Waals surface area contributed by atoms with Crippen molar-refractivity contribution in [2.75, 3.05) is 27.2 Å². The summed E-state index contributed by atoms with van der Waals surface area (Å²) in [6.07, 6.45) is 3.69. The maximum atomic E-state index is 5.82. The molecular formula is C13H19NO. The fraction of sp³-hybridized carbons (Fsp3) is 0.538. The molecule has 2 heteroatoms. The second-order valence-corrected chi connectivity index (χ2v) is 4.40. The molecule has 1 aromatic rings. The Kier molecular flexibility index (Phi) is 3.27. The number of hydrogen-bond donors (Lipinski definition) is 0. The summed E-state index contributed by atoms with van der Waals surface area (Å²) in [5, 5.41) is 0. The van der Waals surface area contributed by atoms with E-state index in [1.807, 2.05) is 0 Å². The molecule has 0 amide bonds. The lowest BCUT2D eigenvalue weighted by molar-refractivity contribution is 0.259. The Bertz CT molecular complexity index is 333. The maximum Gasteiger partial charge on any atom is 0.122 e. The van der Waals surface area contributed by atoms with E-state index in [2.05, 4.69) is 37.2 Å². The molecule has 0 spiro atoms. The second kappa shape index (κ2) is 4.67. The summed E-state index contributed by atoms with van der Waals surface area (Å²) in [6.45, 7) is 1.76. The molecular weight excluding hydrogens is 186 g/mol. The van der Waals surface area contributed by atoms with Crippen molar-refractivity contribution >= 4 is 0 Å². The molecule has 0 saturated carbocycles. The third-order valence-electron chi connectivity index (χ3n) is 2.90. The zero-order chi connectivity index (χ0) is 10.7. The van der Waals surface area contributed by atoms with Gasteiger partial charge in [-0.2, -0.15) is 0 Å². The van der Waals surface area contributed by atoms with Gasteiger partial charge in [0.2, 0.25) is 0 Å². The zero-order valence-electron chi connectivity index (χ0n) is 9.62. The standard InChI is InChI=1S/C13H19NO/c1-14(2)9-10-15-13-8-4-6-11-5-3-7-12(11)13/h4,6,8H,3,5,7,9-10H2,1-2H3. The van der Waals surface area contributed by atoms with Crippen LogP contribution in [0.15, 0.2) is 18.2 Å². The first kappa shape index (κ1) is 10.5. The van der Waals surface area contributed by atoms with Crippen molar-refractivity contribution in [2.24, 2.45) is 0 Å². The lowest BCUT2D eigenvalue weighted by Crippen LogP contribution is -2.19. The number of likely N-dealkylation sites (N-methyl/N-ethyl adjacent to an activating group) is 1. The monoisotopic (exact) mass is 205 g/mol. The van der Waals surface area contributed by atoms with Crippen molar-refractivity contribution in [3.8, 4) is 5.75 Å². The van der Waals surface area contributed by atoms with Gasteiger partial charge in [-0.15, -0.1) is 0 Å². The molecule has 1 aliphatic rings. The normalized spacial score (nSPS) is 14.3. The summed E-state index contributed by atoms with van der Waals surface area (Å²) in [5.74, 6) is 1.10. The molecule has 1 aromatic carbocycles. The van der Waals surface area contributed by atoms with Crippen LogP contribution in [0.25, 0.3) is 0 Å². The van der Waals surface area contributed by atoms with Gasteiger partial charge in [-0.05, 0) is 50.6 Å². The number of benzene rings is 1. The number of ether oxygens (including phenoxy) is 1. The van der Waals surface area contributed by atoms with E-state index in [0.29, 0.717) is 0 Å². The molecule has 2 nitrogen and oxygen atoms in total. The first-order valence-electron chi connectivity index (χ1n) is 5.65. The summed E-state index contributed by atoms with van der Waals surface area (Å²) < 4.78 is 5.82. The van der Waals surface area contributed by atoms with Gasteiger partial charge in [0.15, 0.2) is 0 Å². The highest BCUT2D eigenvalue weighted by molar-refractivity contribution is 5.42. The average Bonchev–Trinajstić information content (AvgIpc) is 2.65. The van der Waals surface area contributed by atoms with Gasteiger partial charge in [-0.25, -0.2) is 0 Å². The Hall–Kier alpha value is -1.02. The van der Waals surface area contributed by atoms with Crippen LogP contribution in [-0.2, 0) is 12.8 Å². The number of hydrogen-bond acceptors (Lipinski definition) is 2. The molecule has 82 valence electrons. The van der Waals surface area contributed by atoms with Gasteiger partial charge < -0.3 is 9.64 Å². The quantitative estimate of drug-likeness (QED) is 0.746. The van der Waals surface area contributed by atoms with Gasteiger partial charge >= 0.3 is 0 Å². The van der Waals surface area contributed by atoms with E-state index in [1.165, 1.54) is 30.4 Å². The highest BCUT2D eigenvalue weighted by Crippen LogP contribution is 2.30. The van der Waals surface area contributed by atoms with Crippen molar-refractivity contribution in [3.05, 3.63) is 29.3 Å². The fourth-order valence-corrected chi connectivity index (χ4v) is 2.06. The van der Waals surface area contributed by atoms with Gasteiger partial charge in [0.1, 0.15) is 12.4 Å². The fourth-order valence-electron chi connectivity index (χ4n) is 2.06. The predicted octanol–water partition coefficient (Wildman–Crippen LogP) is 2.12. The molecule has 15 heavy (non-hydrogen) atoms. The molecule has 1 aliphatic carbocycles. The Balaban J connectivity index is 2.00. The van der Waals surface area contributed by atoms with E-state index < -0.39 is 0 Å². The molecule has 0 fully saturated rings. The third-order valence-corrected chi connectivity index (χ3v) is 2.90. The van der Waals surface area contributed by atoms with Gasteiger partial charge in [-0.3, -0.25) is 0 Å². The second-order valence-electron chi connectivity index (χ2n) is 4.40. The minimum absolute atomic E-state index is 0.781. The molecule has 0 saturated heterocycles. The number of nitrogens with zero attached hydrogens (tertiary/aromatic N) is 1. The largest absolute Gasteiger partial charge is 0.492 e. The summed E-state index contributed by atoms with van der Waals surface area (Å²) >= 11 is 0. The van der Waals surface area contributed by atoms with Crippen LogP contribution in [0.1, 0.15) is 17.5 Å². The SMILES string of the molecule is CN(C)CCOc1cccc2c1CCC2. The van der Waals surface area contributed by atoms with Crippen LogP contribution in [0.5, 0.6) is 5.75 Å². The summed E-state index contributed by atoms with van der Waals surface area (Å²) in [7, 11) is 4.14. The van der Waals surface area contributed by atoms with E-state index in [-0.39, 0.29) is 0 Å². The van der Waals surface area contributed by atoms with Crippen LogP contribution < -0.4 is 4.74 Å². The molecule has 0 aliphatic heterocycles. The smallest absolute Gasteiger partial charge is 0.122 e. The van der Waals surface area contributed by atoms with Crippen LogP contribution in [0.3, 0.4) is 0 Å². The summed E-state index contributed by atoms with van der Waals surface area (Å²) in [4.78, 5) is 2.14. The number of rotatable bonds is 4. The predicted molar refractivity (Wildman–Crippen MR) is 62.5 cm³/mol. The van der Waals surface area contributed by atoms with Crippen molar-refractivity contribution in [1.82, 2.24) is 4.90 Å². The molecule has 0 atom stereocenters. The van der Waals surface area contributed by atoms with Crippen LogP contribution in [0.2, 0.25) is 0 Å². The van der Waals surface area contributed by atoms with Crippen LogP contribution in [0, 0.1) is 0 Å². The highest BCUT2D eigenvalue weighted by Gasteiger charge is 2.14. The Morgan fingerprint density at radius 2 is 2.13 bits per heavy atom. The van der Waals surface area contributed by atoms with E-state index in [1.54, 1.807) is 0 Å². The summed E-state index contributed by atoms with van der Waals surface area (Å²) in [6, 6.07) is 6.43. The van der Waals surface area contributed by atoms with Crippen molar-refractivity contribution in [2.45, 2.75) is 19.3 Å². The summed E-state index contributed by atoms with van der Waals surface area (Å²) in [5.41, 5.74) is 2.92. The van der Waals surface area contributed by atoms with Gasteiger partial charge in [0.25, 0.3) is 0 Å². The topological polar surface area (TPSA) is 12.5 Å². The third kappa shape index (κ3) is 2.51. The van der Waals surface area contributed by atoms with E-state index in [4.69, 9.17) is 4.74 Å². The Morgan fingerprint density at radius 1 is 1.27 bits per heavy atom. The van der Waals surface area contributed by atoms with E-state index in [0.717, 1.165) is 18.9 Å². The number of aryl methyl sites for hydroxylation is 1. The van der Waals surface area contributed by atoms with Crippen LogP contribution >= 0.6 is 0 Å².